The molecule has 1 atom stereocenters. The maximum atomic E-state index is 12.6. The monoisotopic (exact) mass is 409 g/mol. The first-order valence-electron chi connectivity index (χ1n) is 9.32. The highest BCUT2D eigenvalue weighted by Gasteiger charge is 2.34. The number of fused-ring (bicyclic) bond motifs is 1. The fraction of sp³-hybridized carbons (Fsp3) is 0.579. The van der Waals surface area contributed by atoms with Crippen molar-refractivity contribution in [2.75, 3.05) is 19.7 Å². The van der Waals surface area contributed by atoms with E-state index in [1.807, 2.05) is 0 Å². The number of carbonyl (C=O) groups is 3. The number of aliphatic hydroxyl groups is 1. The van der Waals surface area contributed by atoms with Crippen molar-refractivity contribution in [1.82, 2.24) is 14.8 Å². The Labute approximate surface area is 168 Å². The Balaban J connectivity index is 2.27. The SMILES string of the molecule is CC(C)(C)OC(=O)N(CCCO)CC1Cc2nc(C(=O)O)ccc2CN1C(=O)O. The van der Waals surface area contributed by atoms with Crippen molar-refractivity contribution in [2.45, 2.75) is 51.8 Å². The minimum Gasteiger partial charge on any atom is -0.477 e. The van der Waals surface area contributed by atoms with E-state index in [-0.39, 0.29) is 38.4 Å². The second-order valence-electron chi connectivity index (χ2n) is 7.88. The fourth-order valence-corrected chi connectivity index (χ4v) is 3.10. The number of nitrogens with zero attached hydrogens (tertiary/aromatic N) is 3. The van der Waals surface area contributed by atoms with Crippen LogP contribution < -0.4 is 0 Å². The number of rotatable bonds is 6. The van der Waals surface area contributed by atoms with Gasteiger partial charge in [0.05, 0.1) is 12.6 Å². The molecule has 1 aliphatic heterocycles. The van der Waals surface area contributed by atoms with Crippen molar-refractivity contribution in [2.24, 2.45) is 0 Å². The van der Waals surface area contributed by atoms with Crippen LogP contribution in [0.1, 0.15) is 48.9 Å². The predicted molar refractivity (Wildman–Crippen MR) is 102 cm³/mol. The summed E-state index contributed by atoms with van der Waals surface area (Å²) in [5.74, 6) is -1.16. The summed E-state index contributed by atoms with van der Waals surface area (Å²) in [5, 5.41) is 27.9. The summed E-state index contributed by atoms with van der Waals surface area (Å²) in [6, 6.07) is 2.29. The topological polar surface area (TPSA) is 140 Å². The van der Waals surface area contributed by atoms with E-state index in [4.69, 9.17) is 14.9 Å². The Kier molecular flexibility index (Phi) is 7.02. The summed E-state index contributed by atoms with van der Waals surface area (Å²) in [7, 11) is 0. The zero-order valence-electron chi connectivity index (χ0n) is 16.8. The third-order valence-corrected chi connectivity index (χ3v) is 4.41. The molecule has 2 heterocycles. The summed E-state index contributed by atoms with van der Waals surface area (Å²) >= 11 is 0. The number of carboxylic acid groups (broad SMARTS) is 2. The molecule has 0 saturated carbocycles. The zero-order valence-corrected chi connectivity index (χ0v) is 16.8. The second-order valence-corrected chi connectivity index (χ2v) is 7.88. The van der Waals surface area contributed by atoms with Crippen LogP contribution in [0, 0.1) is 0 Å². The minimum atomic E-state index is -1.16. The van der Waals surface area contributed by atoms with E-state index < -0.39 is 29.8 Å². The molecule has 0 bridgehead atoms. The molecule has 10 heteroatoms. The third kappa shape index (κ3) is 6.05. The number of carboxylic acids is 1. The number of ether oxygens (including phenoxy) is 1. The Morgan fingerprint density at radius 3 is 2.52 bits per heavy atom. The number of aliphatic hydroxyl groups excluding tert-OH is 1. The molecular formula is C19H27N3O7. The first-order chi connectivity index (χ1) is 13.5. The van der Waals surface area contributed by atoms with Gasteiger partial charge in [0.15, 0.2) is 0 Å². The standard InChI is InChI=1S/C19H27N3O7/c1-19(2,3)29-18(28)21(7-4-8-23)11-13-9-15-12(10-22(13)17(26)27)5-6-14(20-15)16(24)25/h5-6,13,23H,4,7-11H2,1-3H3,(H,24,25)(H,26,27). The molecule has 0 aromatic carbocycles. The molecule has 1 unspecified atom stereocenters. The smallest absolute Gasteiger partial charge is 0.410 e. The molecule has 0 fully saturated rings. The van der Waals surface area contributed by atoms with Crippen molar-refractivity contribution in [1.29, 1.82) is 0 Å². The number of carbonyl (C=O) groups excluding carboxylic acids is 1. The Morgan fingerprint density at radius 2 is 1.97 bits per heavy atom. The van der Waals surface area contributed by atoms with E-state index in [0.717, 1.165) is 0 Å². The van der Waals surface area contributed by atoms with Gasteiger partial charge in [-0.05, 0) is 38.8 Å². The Bertz CT molecular complexity index is 776. The highest BCUT2D eigenvalue weighted by Crippen LogP contribution is 2.24. The number of hydrogen-bond acceptors (Lipinski definition) is 6. The summed E-state index contributed by atoms with van der Waals surface area (Å²) in [6.45, 7) is 5.35. The molecule has 2 rings (SSSR count). The molecule has 10 nitrogen and oxygen atoms in total. The van der Waals surface area contributed by atoms with Crippen LogP contribution >= 0.6 is 0 Å². The largest absolute Gasteiger partial charge is 0.477 e. The molecule has 2 amide bonds. The number of aromatic nitrogens is 1. The minimum absolute atomic E-state index is 0.0413. The van der Waals surface area contributed by atoms with Gasteiger partial charge >= 0.3 is 18.2 Å². The number of pyridine rings is 1. The van der Waals surface area contributed by atoms with E-state index in [9.17, 15) is 19.5 Å². The van der Waals surface area contributed by atoms with Gasteiger partial charge in [-0.1, -0.05) is 6.07 Å². The van der Waals surface area contributed by atoms with Crippen molar-refractivity contribution < 1.29 is 34.4 Å². The summed E-state index contributed by atoms with van der Waals surface area (Å²) in [4.78, 5) is 42.3. The van der Waals surface area contributed by atoms with Gasteiger partial charge in [0.1, 0.15) is 11.3 Å². The van der Waals surface area contributed by atoms with E-state index in [2.05, 4.69) is 4.98 Å². The lowest BCUT2D eigenvalue weighted by molar-refractivity contribution is 0.0164. The third-order valence-electron chi connectivity index (χ3n) is 4.41. The van der Waals surface area contributed by atoms with E-state index in [1.165, 1.54) is 15.9 Å². The highest BCUT2D eigenvalue weighted by atomic mass is 16.6. The van der Waals surface area contributed by atoms with Gasteiger partial charge in [0.25, 0.3) is 0 Å². The second kappa shape index (κ2) is 9.08. The molecule has 3 N–H and O–H groups in total. The Morgan fingerprint density at radius 1 is 1.28 bits per heavy atom. The molecule has 1 aliphatic rings. The van der Waals surface area contributed by atoms with Crippen LogP contribution in [-0.4, -0.2) is 79.6 Å². The molecule has 29 heavy (non-hydrogen) atoms. The highest BCUT2D eigenvalue weighted by molar-refractivity contribution is 5.85. The van der Waals surface area contributed by atoms with E-state index >= 15 is 0 Å². The summed E-state index contributed by atoms with van der Waals surface area (Å²) in [5.41, 5.74) is 0.292. The molecule has 0 spiro atoms. The molecule has 0 saturated heterocycles. The van der Waals surface area contributed by atoms with Gasteiger partial charge in [-0.3, -0.25) is 4.90 Å². The van der Waals surface area contributed by atoms with Crippen molar-refractivity contribution in [3.8, 4) is 0 Å². The Hall–Kier alpha value is -2.88. The maximum absolute atomic E-state index is 12.6. The van der Waals surface area contributed by atoms with Crippen LogP contribution in [0.15, 0.2) is 12.1 Å². The molecule has 160 valence electrons. The van der Waals surface area contributed by atoms with Gasteiger partial charge in [0.2, 0.25) is 0 Å². The van der Waals surface area contributed by atoms with Crippen molar-refractivity contribution in [3.05, 3.63) is 29.1 Å². The molecule has 0 aliphatic carbocycles. The zero-order chi connectivity index (χ0) is 21.8. The fourth-order valence-electron chi connectivity index (χ4n) is 3.10. The van der Waals surface area contributed by atoms with Crippen molar-refractivity contribution in [3.63, 3.8) is 0 Å². The quantitative estimate of drug-likeness (QED) is 0.646. The van der Waals surface area contributed by atoms with Gasteiger partial charge < -0.3 is 25.0 Å². The van der Waals surface area contributed by atoms with Crippen LogP contribution in [0.3, 0.4) is 0 Å². The van der Waals surface area contributed by atoms with Gasteiger partial charge in [-0.2, -0.15) is 0 Å². The van der Waals surface area contributed by atoms with E-state index in [0.29, 0.717) is 17.7 Å². The number of aromatic carboxylic acids is 1. The summed E-state index contributed by atoms with van der Waals surface area (Å²) < 4.78 is 5.40. The van der Waals surface area contributed by atoms with Gasteiger partial charge in [-0.25, -0.2) is 19.4 Å². The molecule has 1 aromatic heterocycles. The van der Waals surface area contributed by atoms with Crippen LogP contribution in [0.25, 0.3) is 0 Å². The lowest BCUT2D eigenvalue weighted by Gasteiger charge is -2.38. The van der Waals surface area contributed by atoms with Gasteiger partial charge in [0, 0.05) is 31.8 Å². The lowest BCUT2D eigenvalue weighted by atomic mass is 9.98. The average molecular weight is 409 g/mol. The van der Waals surface area contributed by atoms with Gasteiger partial charge in [-0.15, -0.1) is 0 Å². The van der Waals surface area contributed by atoms with Crippen LogP contribution in [0.4, 0.5) is 9.59 Å². The predicted octanol–water partition coefficient (Wildman–Crippen LogP) is 1.80. The van der Waals surface area contributed by atoms with Crippen LogP contribution in [0.2, 0.25) is 0 Å². The maximum Gasteiger partial charge on any atom is 0.410 e. The molecule has 0 radical (unpaired) electrons. The van der Waals surface area contributed by atoms with E-state index in [1.54, 1.807) is 26.8 Å². The first-order valence-corrected chi connectivity index (χ1v) is 9.32. The lowest BCUT2D eigenvalue weighted by Crippen LogP contribution is -2.52. The molecule has 1 aromatic rings. The summed E-state index contributed by atoms with van der Waals surface area (Å²) in [6.07, 6.45) is -1.26. The number of hydrogen-bond donors (Lipinski definition) is 3. The van der Waals surface area contributed by atoms with Crippen LogP contribution in [-0.2, 0) is 17.7 Å². The first kappa shape index (κ1) is 22.4. The average Bonchev–Trinajstić information content (AvgIpc) is 2.62. The van der Waals surface area contributed by atoms with Crippen molar-refractivity contribution >= 4 is 18.2 Å². The molecular weight excluding hydrogens is 382 g/mol. The normalized spacial score (nSPS) is 16.1. The number of amides is 2. The van der Waals surface area contributed by atoms with Crippen LogP contribution in [0.5, 0.6) is 0 Å².